The van der Waals surface area contributed by atoms with E-state index in [0.29, 0.717) is 6.42 Å². The Balaban J connectivity index is 2.33. The van der Waals surface area contributed by atoms with Gasteiger partial charge < -0.3 is 5.32 Å². The number of nitrogens with one attached hydrogen (secondary N) is 1. The fraction of sp³-hybridized carbons (Fsp3) is 0.176. The van der Waals surface area contributed by atoms with Crippen molar-refractivity contribution in [2.24, 2.45) is 0 Å². The summed E-state index contributed by atoms with van der Waals surface area (Å²) in [4.78, 5) is 28.0. The molecule has 24 heavy (non-hydrogen) atoms. The van der Waals surface area contributed by atoms with E-state index in [4.69, 9.17) is 0 Å². The molecule has 6 nitrogen and oxygen atoms in total. The summed E-state index contributed by atoms with van der Waals surface area (Å²) in [6.45, 7) is 3.70. The third kappa shape index (κ3) is 4.20. The Hall–Kier alpha value is -2.67. The summed E-state index contributed by atoms with van der Waals surface area (Å²) in [6.07, 6.45) is 7.31. The molecule has 1 heterocycles. The minimum Gasteiger partial charge on any atom is -0.345 e. The summed E-state index contributed by atoms with van der Waals surface area (Å²) in [5.41, 5.74) is 0.703. The number of thioether (sulfide) groups is 1. The van der Waals surface area contributed by atoms with Gasteiger partial charge in [-0.15, -0.1) is 18.3 Å². The van der Waals surface area contributed by atoms with Crippen LogP contribution in [0.4, 0.5) is 5.69 Å². The Morgan fingerprint density at radius 3 is 2.71 bits per heavy atom. The predicted molar refractivity (Wildman–Crippen MR) is 94.1 cm³/mol. The van der Waals surface area contributed by atoms with Crippen LogP contribution in [0.1, 0.15) is 28.4 Å². The molecule has 0 aliphatic carbocycles. The van der Waals surface area contributed by atoms with Gasteiger partial charge in [-0.1, -0.05) is 6.08 Å². The number of aromatic nitrogens is 1. The lowest BCUT2D eigenvalue weighted by molar-refractivity contribution is -0.385. The number of hydrogen-bond acceptors (Lipinski definition) is 5. The van der Waals surface area contributed by atoms with Gasteiger partial charge in [0.15, 0.2) is 0 Å². The summed E-state index contributed by atoms with van der Waals surface area (Å²) in [5.74, 6) is -0.485. The van der Waals surface area contributed by atoms with Gasteiger partial charge in [0.2, 0.25) is 0 Å². The number of carbonyl (C=O) groups excluding carboxylic acids is 1. The van der Waals surface area contributed by atoms with Crippen LogP contribution in [0.2, 0.25) is 0 Å². The van der Waals surface area contributed by atoms with Crippen LogP contribution in [0.3, 0.4) is 0 Å². The molecule has 0 fully saturated rings. The van der Waals surface area contributed by atoms with E-state index in [1.165, 1.54) is 23.9 Å². The molecular weight excluding hydrogens is 326 g/mol. The third-order valence-electron chi connectivity index (χ3n) is 3.46. The second kappa shape index (κ2) is 8.26. The summed E-state index contributed by atoms with van der Waals surface area (Å²) >= 11 is 1.42. The van der Waals surface area contributed by atoms with Crippen molar-refractivity contribution in [2.45, 2.75) is 17.4 Å². The van der Waals surface area contributed by atoms with Crippen LogP contribution in [0.5, 0.6) is 0 Å². The lowest BCUT2D eigenvalue weighted by Gasteiger charge is -2.17. The quantitative estimate of drug-likeness (QED) is 0.358. The zero-order valence-corrected chi connectivity index (χ0v) is 14.0. The van der Waals surface area contributed by atoms with E-state index in [0.717, 1.165) is 10.5 Å². The highest BCUT2D eigenvalue weighted by Gasteiger charge is 2.23. The minimum atomic E-state index is -0.548. The Morgan fingerprint density at radius 2 is 2.12 bits per heavy atom. The average Bonchev–Trinajstić information content (AvgIpc) is 2.61. The van der Waals surface area contributed by atoms with Crippen LogP contribution < -0.4 is 5.32 Å². The molecule has 2 aromatic rings. The molecular formula is C17H17N3O3S. The van der Waals surface area contributed by atoms with E-state index in [-0.39, 0.29) is 17.3 Å². The van der Waals surface area contributed by atoms with Crippen LogP contribution in [-0.4, -0.2) is 22.1 Å². The van der Waals surface area contributed by atoms with Crippen molar-refractivity contribution in [1.82, 2.24) is 10.3 Å². The van der Waals surface area contributed by atoms with Gasteiger partial charge in [-0.05, 0) is 42.5 Å². The zero-order valence-electron chi connectivity index (χ0n) is 13.1. The number of nitro benzene ring substituents is 1. The van der Waals surface area contributed by atoms with Crippen LogP contribution in [0.15, 0.2) is 60.3 Å². The lowest BCUT2D eigenvalue weighted by atomic mass is 10.0. The molecule has 0 bridgehead atoms. The van der Waals surface area contributed by atoms with E-state index >= 15 is 0 Å². The maximum atomic E-state index is 12.6. The fourth-order valence-electron chi connectivity index (χ4n) is 2.26. The fourth-order valence-corrected chi connectivity index (χ4v) is 2.70. The van der Waals surface area contributed by atoms with E-state index in [9.17, 15) is 14.9 Å². The second-order valence-electron chi connectivity index (χ2n) is 4.97. The number of pyridine rings is 1. The average molecular weight is 343 g/mol. The first kappa shape index (κ1) is 17.7. The first-order valence-corrected chi connectivity index (χ1v) is 8.43. The molecule has 1 atom stereocenters. The topological polar surface area (TPSA) is 85.1 Å². The lowest BCUT2D eigenvalue weighted by Crippen LogP contribution is -2.29. The SMILES string of the molecule is C=CC[C@H](NC(=O)c1cc(SC)ccc1[N+](=O)[O-])c1ccncc1. The number of nitrogens with zero attached hydrogens (tertiary/aromatic N) is 2. The number of amides is 1. The first-order chi connectivity index (χ1) is 11.6. The van der Waals surface area contributed by atoms with Gasteiger partial charge in [0.25, 0.3) is 11.6 Å². The van der Waals surface area contributed by atoms with Gasteiger partial charge in [0.05, 0.1) is 11.0 Å². The smallest absolute Gasteiger partial charge is 0.282 e. The Bertz CT molecular complexity index is 750. The number of nitro groups is 1. The summed E-state index contributed by atoms with van der Waals surface area (Å²) in [6, 6.07) is 7.78. The second-order valence-corrected chi connectivity index (χ2v) is 5.85. The molecule has 1 aromatic carbocycles. The molecule has 1 aromatic heterocycles. The summed E-state index contributed by atoms with van der Waals surface area (Å²) in [5, 5.41) is 14.0. The molecule has 0 spiro atoms. The van der Waals surface area contributed by atoms with E-state index in [1.54, 1.807) is 36.7 Å². The molecule has 7 heteroatoms. The molecule has 0 aliphatic rings. The van der Waals surface area contributed by atoms with Crippen LogP contribution in [-0.2, 0) is 0 Å². The Labute approximate surface area is 144 Å². The van der Waals surface area contributed by atoms with Gasteiger partial charge in [0.1, 0.15) is 5.56 Å². The monoisotopic (exact) mass is 343 g/mol. The van der Waals surface area contributed by atoms with Gasteiger partial charge >= 0.3 is 0 Å². The van der Waals surface area contributed by atoms with Crippen molar-refractivity contribution in [3.05, 3.63) is 76.6 Å². The minimum absolute atomic E-state index is 0.0509. The molecule has 124 valence electrons. The van der Waals surface area contributed by atoms with Crippen molar-refractivity contribution >= 4 is 23.4 Å². The van der Waals surface area contributed by atoms with Crippen molar-refractivity contribution in [2.75, 3.05) is 6.26 Å². The number of hydrogen-bond donors (Lipinski definition) is 1. The number of benzene rings is 1. The normalized spacial score (nSPS) is 11.5. The Morgan fingerprint density at radius 1 is 1.42 bits per heavy atom. The maximum Gasteiger partial charge on any atom is 0.282 e. The van der Waals surface area contributed by atoms with Crippen molar-refractivity contribution in [3.63, 3.8) is 0 Å². The third-order valence-corrected chi connectivity index (χ3v) is 4.19. The van der Waals surface area contributed by atoms with E-state index in [2.05, 4.69) is 16.9 Å². The highest BCUT2D eigenvalue weighted by Crippen LogP contribution is 2.26. The van der Waals surface area contributed by atoms with E-state index in [1.807, 2.05) is 6.26 Å². The highest BCUT2D eigenvalue weighted by molar-refractivity contribution is 7.98. The molecule has 1 N–H and O–H groups in total. The van der Waals surface area contributed by atoms with Crippen molar-refractivity contribution in [3.8, 4) is 0 Å². The first-order valence-electron chi connectivity index (χ1n) is 7.21. The molecule has 0 unspecified atom stereocenters. The summed E-state index contributed by atoms with van der Waals surface area (Å²) < 4.78 is 0. The maximum absolute atomic E-state index is 12.6. The zero-order chi connectivity index (χ0) is 17.5. The molecule has 0 radical (unpaired) electrons. The predicted octanol–water partition coefficient (Wildman–Crippen LogP) is 3.76. The van der Waals surface area contributed by atoms with Gasteiger partial charge in [0, 0.05) is 23.4 Å². The van der Waals surface area contributed by atoms with Crippen molar-refractivity contribution < 1.29 is 9.72 Å². The van der Waals surface area contributed by atoms with E-state index < -0.39 is 10.8 Å². The molecule has 0 aliphatic heterocycles. The number of carbonyl (C=O) groups is 1. The standard InChI is InChI=1S/C17H17N3O3S/c1-3-4-15(12-7-9-18-10-8-12)19-17(21)14-11-13(24-2)5-6-16(14)20(22)23/h3,5-11,15H,1,4H2,2H3,(H,19,21)/t15-/m0/s1. The van der Waals surface area contributed by atoms with Crippen molar-refractivity contribution in [1.29, 1.82) is 0 Å². The van der Waals surface area contributed by atoms with Crippen LogP contribution in [0.25, 0.3) is 0 Å². The molecule has 1 amide bonds. The highest BCUT2D eigenvalue weighted by atomic mass is 32.2. The van der Waals surface area contributed by atoms with Gasteiger partial charge in [-0.25, -0.2) is 0 Å². The Kier molecular flexibility index (Phi) is 6.08. The van der Waals surface area contributed by atoms with Gasteiger partial charge in [-0.2, -0.15) is 0 Å². The van der Waals surface area contributed by atoms with Gasteiger partial charge in [-0.3, -0.25) is 19.9 Å². The summed E-state index contributed by atoms with van der Waals surface area (Å²) in [7, 11) is 0. The molecule has 0 saturated carbocycles. The molecule has 0 saturated heterocycles. The molecule has 2 rings (SSSR count). The van der Waals surface area contributed by atoms with Crippen LogP contribution in [0, 0.1) is 10.1 Å². The largest absolute Gasteiger partial charge is 0.345 e. The number of rotatable bonds is 7. The van der Waals surface area contributed by atoms with Crippen LogP contribution >= 0.6 is 11.8 Å².